The smallest absolute Gasteiger partial charge is 0.240 e. The number of ether oxygens (including phenoxy) is 1. The molecule has 0 saturated heterocycles. The summed E-state index contributed by atoms with van der Waals surface area (Å²) in [6.07, 6.45) is 3.16. The molecule has 21 heavy (non-hydrogen) atoms. The molecule has 114 valence electrons. The van der Waals surface area contributed by atoms with Crippen LogP contribution in [0.25, 0.3) is 0 Å². The van der Waals surface area contributed by atoms with Crippen molar-refractivity contribution in [2.24, 2.45) is 0 Å². The van der Waals surface area contributed by atoms with E-state index >= 15 is 0 Å². The summed E-state index contributed by atoms with van der Waals surface area (Å²) in [5.74, 6) is -2.80. The highest BCUT2D eigenvalue weighted by Gasteiger charge is 2.20. The summed E-state index contributed by atoms with van der Waals surface area (Å²) in [5.41, 5.74) is 0.699. The lowest BCUT2D eigenvalue weighted by atomic mass is 10.3. The average molecular weight is 318 g/mol. The fraction of sp³-hybridized carbons (Fsp3) is 0.250. The second kappa shape index (κ2) is 6.19. The molecule has 0 bridgehead atoms. The minimum absolute atomic E-state index is 0.0405. The van der Waals surface area contributed by atoms with Gasteiger partial charge in [0.2, 0.25) is 10.0 Å². The second-order valence-electron chi connectivity index (χ2n) is 4.10. The Kier molecular flexibility index (Phi) is 4.53. The lowest BCUT2D eigenvalue weighted by Crippen LogP contribution is -2.26. The quantitative estimate of drug-likeness (QED) is 0.872. The fourth-order valence-corrected chi connectivity index (χ4v) is 2.70. The van der Waals surface area contributed by atoms with E-state index in [1.807, 2.05) is 0 Å². The molecule has 0 radical (unpaired) electrons. The summed E-state index contributed by atoms with van der Waals surface area (Å²) in [6, 6.07) is 1.40. The molecule has 6 nitrogen and oxygen atoms in total. The zero-order chi connectivity index (χ0) is 15.5. The van der Waals surface area contributed by atoms with Gasteiger partial charge < -0.3 is 9.26 Å². The molecule has 0 aliphatic heterocycles. The number of sulfonamides is 1. The van der Waals surface area contributed by atoms with Crippen molar-refractivity contribution in [1.29, 1.82) is 0 Å². The van der Waals surface area contributed by atoms with Crippen molar-refractivity contribution in [2.45, 2.75) is 11.3 Å². The number of halogens is 2. The lowest BCUT2D eigenvalue weighted by Gasteiger charge is -2.09. The summed E-state index contributed by atoms with van der Waals surface area (Å²) in [5, 5.41) is 3.47. The van der Waals surface area contributed by atoms with Crippen molar-refractivity contribution in [3.8, 4) is 5.75 Å². The maximum absolute atomic E-state index is 13.5. The fourth-order valence-electron chi connectivity index (χ4n) is 1.65. The average Bonchev–Trinajstić information content (AvgIpc) is 2.91. The van der Waals surface area contributed by atoms with Crippen LogP contribution >= 0.6 is 0 Å². The summed E-state index contributed by atoms with van der Waals surface area (Å²) in [6.45, 7) is 0.0405. The molecule has 0 unspecified atom stereocenters. The van der Waals surface area contributed by atoms with Crippen molar-refractivity contribution in [3.63, 3.8) is 0 Å². The molecule has 9 heteroatoms. The van der Waals surface area contributed by atoms with Crippen LogP contribution in [0.5, 0.6) is 5.75 Å². The van der Waals surface area contributed by atoms with Crippen LogP contribution in [0.4, 0.5) is 8.78 Å². The molecule has 0 amide bonds. The lowest BCUT2D eigenvalue weighted by molar-refractivity contribution is 0.358. The molecule has 0 fully saturated rings. The van der Waals surface area contributed by atoms with Crippen molar-refractivity contribution in [3.05, 3.63) is 41.8 Å². The molecule has 1 aromatic heterocycles. The largest absolute Gasteiger partial charge is 0.491 e. The maximum atomic E-state index is 13.5. The zero-order valence-electron chi connectivity index (χ0n) is 11.0. The number of methoxy groups -OCH3 is 1. The van der Waals surface area contributed by atoms with Crippen LogP contribution in [0.1, 0.15) is 5.56 Å². The standard InChI is InChI=1S/C12H12F2N2O4S/c1-19-12-10(13)4-9(5-11(12)14)21(17,18)16-3-2-8-6-15-20-7-8/h4-7,16H,2-3H2,1H3. The van der Waals surface area contributed by atoms with Gasteiger partial charge in [-0.25, -0.2) is 21.9 Å². The van der Waals surface area contributed by atoms with Crippen molar-refractivity contribution < 1.29 is 26.5 Å². The van der Waals surface area contributed by atoms with Crippen molar-refractivity contribution in [1.82, 2.24) is 9.88 Å². The van der Waals surface area contributed by atoms with Gasteiger partial charge in [-0.1, -0.05) is 5.16 Å². The highest BCUT2D eigenvalue weighted by atomic mass is 32.2. The molecule has 0 aliphatic rings. The molecule has 0 aliphatic carbocycles. The number of aromatic nitrogens is 1. The van der Waals surface area contributed by atoms with Crippen LogP contribution in [0.3, 0.4) is 0 Å². The summed E-state index contributed by atoms with van der Waals surface area (Å²) in [4.78, 5) is -0.511. The number of benzene rings is 1. The summed E-state index contributed by atoms with van der Waals surface area (Å²) in [7, 11) is -2.93. The Morgan fingerprint density at radius 2 is 2.00 bits per heavy atom. The summed E-state index contributed by atoms with van der Waals surface area (Å²) < 4.78 is 62.2. The Labute approximate surface area is 119 Å². The molecule has 2 aromatic rings. The molecule has 1 heterocycles. The molecule has 1 aromatic carbocycles. The van der Waals surface area contributed by atoms with Gasteiger partial charge in [-0.05, 0) is 18.6 Å². The Balaban J connectivity index is 2.12. The van der Waals surface area contributed by atoms with Gasteiger partial charge >= 0.3 is 0 Å². The topological polar surface area (TPSA) is 81.4 Å². The monoisotopic (exact) mass is 318 g/mol. The van der Waals surface area contributed by atoms with E-state index in [9.17, 15) is 17.2 Å². The van der Waals surface area contributed by atoms with Crippen LogP contribution in [0, 0.1) is 11.6 Å². The van der Waals surface area contributed by atoms with E-state index in [-0.39, 0.29) is 6.54 Å². The van der Waals surface area contributed by atoms with Crippen molar-refractivity contribution in [2.75, 3.05) is 13.7 Å². The van der Waals surface area contributed by atoms with Gasteiger partial charge in [-0.3, -0.25) is 0 Å². The SMILES string of the molecule is COc1c(F)cc(S(=O)(=O)NCCc2cnoc2)cc1F. The van der Waals surface area contributed by atoms with Gasteiger partial charge in [-0.15, -0.1) is 0 Å². The van der Waals surface area contributed by atoms with Crippen LogP contribution in [0.15, 0.2) is 34.0 Å². The van der Waals surface area contributed by atoms with Crippen LogP contribution < -0.4 is 9.46 Å². The first-order valence-electron chi connectivity index (χ1n) is 5.85. The van der Waals surface area contributed by atoms with Gasteiger partial charge in [0.25, 0.3) is 0 Å². The van der Waals surface area contributed by atoms with Gasteiger partial charge in [0.15, 0.2) is 17.4 Å². The van der Waals surface area contributed by atoms with E-state index in [1.165, 1.54) is 12.5 Å². The molecule has 0 saturated carbocycles. The van der Waals surface area contributed by atoms with Gasteiger partial charge in [0.05, 0.1) is 18.2 Å². The van der Waals surface area contributed by atoms with E-state index < -0.39 is 32.3 Å². The molecule has 0 spiro atoms. The molecule has 1 N–H and O–H groups in total. The molecule has 2 rings (SSSR count). The number of rotatable bonds is 6. The van der Waals surface area contributed by atoms with E-state index in [2.05, 4.69) is 19.1 Å². The maximum Gasteiger partial charge on any atom is 0.240 e. The van der Waals surface area contributed by atoms with Crippen LogP contribution in [-0.2, 0) is 16.4 Å². The van der Waals surface area contributed by atoms with Gasteiger partial charge in [-0.2, -0.15) is 0 Å². The van der Waals surface area contributed by atoms with E-state index in [0.29, 0.717) is 24.1 Å². The predicted molar refractivity (Wildman–Crippen MR) is 68.3 cm³/mol. The van der Waals surface area contributed by atoms with E-state index in [1.54, 1.807) is 0 Å². The first-order chi connectivity index (χ1) is 9.94. The van der Waals surface area contributed by atoms with Crippen LogP contribution in [0.2, 0.25) is 0 Å². The molecule has 0 atom stereocenters. The Hall–Kier alpha value is -2.00. The highest BCUT2D eigenvalue weighted by molar-refractivity contribution is 7.89. The molecular formula is C12H12F2N2O4S. The Morgan fingerprint density at radius 3 is 2.52 bits per heavy atom. The normalized spacial score (nSPS) is 11.6. The van der Waals surface area contributed by atoms with Gasteiger partial charge in [0.1, 0.15) is 6.26 Å². The van der Waals surface area contributed by atoms with Gasteiger partial charge in [0, 0.05) is 12.1 Å². The number of nitrogens with zero attached hydrogens (tertiary/aromatic N) is 1. The minimum Gasteiger partial charge on any atom is -0.491 e. The Morgan fingerprint density at radius 1 is 1.33 bits per heavy atom. The highest BCUT2D eigenvalue weighted by Crippen LogP contribution is 2.24. The second-order valence-corrected chi connectivity index (χ2v) is 5.87. The van der Waals surface area contributed by atoms with E-state index in [4.69, 9.17) is 0 Å². The third kappa shape index (κ3) is 3.56. The summed E-state index contributed by atoms with van der Waals surface area (Å²) >= 11 is 0. The first-order valence-corrected chi connectivity index (χ1v) is 7.33. The number of hydrogen-bond acceptors (Lipinski definition) is 5. The predicted octanol–water partition coefficient (Wildman–Crippen LogP) is 1.48. The number of nitrogens with one attached hydrogen (secondary N) is 1. The first kappa shape index (κ1) is 15.4. The van der Waals surface area contributed by atoms with Crippen LogP contribution in [-0.4, -0.2) is 27.2 Å². The van der Waals surface area contributed by atoms with Crippen molar-refractivity contribution >= 4 is 10.0 Å². The third-order valence-corrected chi connectivity index (χ3v) is 4.12. The third-order valence-electron chi connectivity index (χ3n) is 2.68. The Bertz CT molecular complexity index is 694. The zero-order valence-corrected chi connectivity index (χ0v) is 11.8. The van der Waals surface area contributed by atoms with E-state index in [0.717, 1.165) is 7.11 Å². The molecular weight excluding hydrogens is 306 g/mol. The minimum atomic E-state index is -4.02. The number of hydrogen-bond donors (Lipinski definition) is 1.